The van der Waals surface area contributed by atoms with E-state index >= 15 is 0 Å². The highest BCUT2D eigenvalue weighted by atomic mass is 16.3. The zero-order chi connectivity index (χ0) is 11.4. The first-order chi connectivity index (χ1) is 7.55. The molecule has 0 saturated heterocycles. The van der Waals surface area contributed by atoms with E-state index in [0.29, 0.717) is 11.8 Å². The lowest BCUT2D eigenvalue weighted by Gasteiger charge is -2.34. The Kier molecular flexibility index (Phi) is 1.97. The second kappa shape index (κ2) is 3.07. The van der Waals surface area contributed by atoms with Crippen LogP contribution in [-0.4, -0.2) is 10.1 Å². The molecule has 2 saturated carbocycles. The molecule has 2 aliphatic rings. The van der Waals surface area contributed by atoms with Gasteiger partial charge in [0.1, 0.15) is 5.60 Å². The molecule has 0 aromatic carbocycles. The molecule has 0 unspecified atom stereocenters. The highest BCUT2D eigenvalue weighted by Gasteiger charge is 2.61. The molecule has 2 heteroatoms. The zero-order valence-corrected chi connectivity index (χ0v) is 9.98. The molecule has 0 amide bonds. The predicted octanol–water partition coefficient (Wildman–Crippen LogP) is 2.73. The topological polar surface area (TPSA) is 33.1 Å². The number of hydrogen-bond acceptors (Lipinski definition) is 2. The lowest BCUT2D eigenvalue weighted by atomic mass is 9.76. The number of fused-ring (bicyclic) bond motifs is 2. The fourth-order valence-electron chi connectivity index (χ4n) is 4.04. The molecule has 1 aromatic rings. The highest BCUT2D eigenvalue weighted by molar-refractivity contribution is 5.22. The van der Waals surface area contributed by atoms with Gasteiger partial charge < -0.3 is 5.11 Å². The average molecular weight is 217 g/mol. The van der Waals surface area contributed by atoms with Crippen LogP contribution in [0.3, 0.4) is 0 Å². The van der Waals surface area contributed by atoms with E-state index in [4.69, 9.17) is 0 Å². The van der Waals surface area contributed by atoms with Gasteiger partial charge in [0, 0.05) is 6.20 Å². The predicted molar refractivity (Wildman–Crippen MR) is 62.7 cm³/mol. The molecule has 2 aliphatic carbocycles. The minimum atomic E-state index is -0.673. The SMILES string of the molecule is CC1(C)[C@@H]2CC[C@H]1[C@@](O)(c1ccccn1)C2. The van der Waals surface area contributed by atoms with E-state index in [2.05, 4.69) is 18.8 Å². The van der Waals surface area contributed by atoms with Gasteiger partial charge in [0.15, 0.2) is 0 Å². The van der Waals surface area contributed by atoms with Crippen LogP contribution in [0.25, 0.3) is 0 Å². The Morgan fingerprint density at radius 3 is 2.62 bits per heavy atom. The Labute approximate surface area is 96.7 Å². The summed E-state index contributed by atoms with van der Waals surface area (Å²) in [5.74, 6) is 1.03. The highest BCUT2D eigenvalue weighted by Crippen LogP contribution is 2.64. The Hall–Kier alpha value is -0.890. The summed E-state index contributed by atoms with van der Waals surface area (Å²) < 4.78 is 0. The smallest absolute Gasteiger partial charge is 0.110 e. The maximum Gasteiger partial charge on any atom is 0.110 e. The molecule has 0 aliphatic heterocycles. The van der Waals surface area contributed by atoms with Gasteiger partial charge in [-0.05, 0) is 48.6 Å². The van der Waals surface area contributed by atoms with Gasteiger partial charge in [0.25, 0.3) is 0 Å². The Morgan fingerprint density at radius 2 is 2.12 bits per heavy atom. The fraction of sp³-hybridized carbons (Fsp3) is 0.643. The number of aromatic nitrogens is 1. The number of nitrogens with zero attached hydrogens (tertiary/aromatic N) is 1. The summed E-state index contributed by atoms with van der Waals surface area (Å²) >= 11 is 0. The first kappa shape index (κ1) is 10.3. The van der Waals surface area contributed by atoms with Crippen molar-refractivity contribution in [2.75, 3.05) is 0 Å². The molecule has 16 heavy (non-hydrogen) atoms. The van der Waals surface area contributed by atoms with Gasteiger partial charge >= 0.3 is 0 Å². The summed E-state index contributed by atoms with van der Waals surface area (Å²) in [6.45, 7) is 4.60. The number of pyridine rings is 1. The van der Waals surface area contributed by atoms with Gasteiger partial charge in [-0.15, -0.1) is 0 Å². The minimum Gasteiger partial charge on any atom is -0.383 e. The monoisotopic (exact) mass is 217 g/mol. The molecule has 3 atom stereocenters. The van der Waals surface area contributed by atoms with E-state index < -0.39 is 5.60 Å². The van der Waals surface area contributed by atoms with Crippen molar-refractivity contribution in [2.45, 2.75) is 38.7 Å². The second-order valence-corrected chi connectivity index (χ2v) is 5.99. The van der Waals surface area contributed by atoms with Crippen LogP contribution in [0.1, 0.15) is 38.8 Å². The number of aliphatic hydroxyl groups is 1. The molecular weight excluding hydrogens is 198 g/mol. The van der Waals surface area contributed by atoms with E-state index in [1.807, 2.05) is 18.2 Å². The van der Waals surface area contributed by atoms with Crippen molar-refractivity contribution in [3.8, 4) is 0 Å². The van der Waals surface area contributed by atoms with E-state index in [1.54, 1.807) is 6.20 Å². The molecule has 1 N–H and O–H groups in total. The minimum absolute atomic E-state index is 0.270. The van der Waals surface area contributed by atoms with Gasteiger partial charge in [0.05, 0.1) is 5.69 Å². The standard InChI is InChI=1S/C14H19NO/c1-13(2)10-6-7-11(13)14(16,9-10)12-5-3-4-8-15-12/h3-5,8,10-11,16H,6-7,9H2,1-2H3/t10-,11-,14-/m1/s1. The maximum atomic E-state index is 10.9. The van der Waals surface area contributed by atoms with Gasteiger partial charge in [-0.3, -0.25) is 4.98 Å². The van der Waals surface area contributed by atoms with Crippen molar-refractivity contribution >= 4 is 0 Å². The van der Waals surface area contributed by atoms with E-state index in [9.17, 15) is 5.11 Å². The molecule has 1 heterocycles. The molecule has 2 bridgehead atoms. The van der Waals surface area contributed by atoms with Crippen molar-refractivity contribution < 1.29 is 5.11 Å². The van der Waals surface area contributed by atoms with Crippen LogP contribution >= 0.6 is 0 Å². The average Bonchev–Trinajstić information content (AvgIpc) is 2.67. The van der Waals surface area contributed by atoms with Crippen molar-refractivity contribution in [3.63, 3.8) is 0 Å². The van der Waals surface area contributed by atoms with Crippen LogP contribution in [0, 0.1) is 17.3 Å². The Balaban J connectivity index is 2.04. The van der Waals surface area contributed by atoms with Crippen LogP contribution in [0.4, 0.5) is 0 Å². The molecule has 2 fully saturated rings. The van der Waals surface area contributed by atoms with Crippen molar-refractivity contribution in [2.24, 2.45) is 17.3 Å². The molecular formula is C14H19NO. The van der Waals surface area contributed by atoms with Gasteiger partial charge in [-0.2, -0.15) is 0 Å². The fourth-order valence-corrected chi connectivity index (χ4v) is 4.04. The first-order valence-corrected chi connectivity index (χ1v) is 6.19. The molecule has 1 aromatic heterocycles. The lowest BCUT2D eigenvalue weighted by Crippen LogP contribution is -2.35. The van der Waals surface area contributed by atoms with Gasteiger partial charge in [-0.1, -0.05) is 19.9 Å². The van der Waals surface area contributed by atoms with Crippen LogP contribution < -0.4 is 0 Å². The summed E-state index contributed by atoms with van der Waals surface area (Å²) in [7, 11) is 0. The Bertz CT molecular complexity index is 400. The normalized spacial score (nSPS) is 40.2. The van der Waals surface area contributed by atoms with Crippen LogP contribution in [0.15, 0.2) is 24.4 Å². The van der Waals surface area contributed by atoms with Crippen molar-refractivity contribution in [3.05, 3.63) is 30.1 Å². The van der Waals surface area contributed by atoms with Crippen LogP contribution in [0.5, 0.6) is 0 Å². The van der Waals surface area contributed by atoms with Crippen molar-refractivity contribution in [1.29, 1.82) is 0 Å². The van der Waals surface area contributed by atoms with E-state index in [0.717, 1.165) is 18.5 Å². The molecule has 3 rings (SSSR count). The Morgan fingerprint density at radius 1 is 1.31 bits per heavy atom. The first-order valence-electron chi connectivity index (χ1n) is 6.19. The summed E-state index contributed by atoms with van der Waals surface area (Å²) in [4.78, 5) is 4.37. The molecule has 86 valence electrons. The number of hydrogen-bond donors (Lipinski definition) is 1. The van der Waals surface area contributed by atoms with Crippen LogP contribution in [-0.2, 0) is 5.60 Å². The lowest BCUT2D eigenvalue weighted by molar-refractivity contribution is -0.0346. The molecule has 0 spiro atoms. The van der Waals surface area contributed by atoms with Gasteiger partial charge in [-0.25, -0.2) is 0 Å². The van der Waals surface area contributed by atoms with Gasteiger partial charge in [0.2, 0.25) is 0 Å². The van der Waals surface area contributed by atoms with E-state index in [-0.39, 0.29) is 5.41 Å². The van der Waals surface area contributed by atoms with Crippen molar-refractivity contribution in [1.82, 2.24) is 4.98 Å². The second-order valence-electron chi connectivity index (χ2n) is 5.99. The quantitative estimate of drug-likeness (QED) is 0.784. The maximum absolute atomic E-state index is 10.9. The van der Waals surface area contributed by atoms with E-state index in [1.165, 1.54) is 6.42 Å². The zero-order valence-electron chi connectivity index (χ0n) is 9.98. The molecule has 2 nitrogen and oxygen atoms in total. The third kappa shape index (κ3) is 1.14. The summed E-state index contributed by atoms with van der Waals surface area (Å²) in [5, 5.41) is 10.9. The third-order valence-corrected chi connectivity index (χ3v) is 5.00. The summed E-state index contributed by atoms with van der Waals surface area (Å²) in [6, 6.07) is 5.85. The molecule has 0 radical (unpaired) electrons. The van der Waals surface area contributed by atoms with Crippen LogP contribution in [0.2, 0.25) is 0 Å². The third-order valence-electron chi connectivity index (χ3n) is 5.00. The largest absolute Gasteiger partial charge is 0.383 e. The summed E-state index contributed by atoms with van der Waals surface area (Å²) in [6.07, 6.45) is 5.09. The number of rotatable bonds is 1. The summed E-state index contributed by atoms with van der Waals surface area (Å²) in [5.41, 5.74) is 0.468.